The first kappa shape index (κ1) is 18.4. The van der Waals surface area contributed by atoms with E-state index < -0.39 is 18.3 Å². The van der Waals surface area contributed by atoms with Gasteiger partial charge in [-0.25, -0.2) is 4.39 Å². The van der Waals surface area contributed by atoms with Crippen LogP contribution in [0, 0.1) is 11.7 Å². The highest BCUT2D eigenvalue weighted by Crippen LogP contribution is 2.39. The fourth-order valence-corrected chi connectivity index (χ4v) is 2.67. The number of ether oxygens (including phenoxy) is 1. The van der Waals surface area contributed by atoms with E-state index in [1.165, 1.54) is 25.0 Å². The zero-order valence-corrected chi connectivity index (χ0v) is 15.5. The maximum Gasteiger partial charge on any atom is 0.491 e. The lowest BCUT2D eigenvalue weighted by molar-refractivity contribution is 0.00578. The molecule has 1 aliphatic heterocycles. The molecule has 1 heterocycles. The number of rotatable bonds is 6. The summed E-state index contributed by atoms with van der Waals surface area (Å²) in [6, 6.07) is 4.54. The largest absolute Gasteiger partial charge is 0.493 e. The summed E-state index contributed by atoms with van der Waals surface area (Å²) < 4.78 is 31.8. The molecule has 2 aliphatic rings. The quantitative estimate of drug-likeness (QED) is 0.799. The van der Waals surface area contributed by atoms with Gasteiger partial charge in [-0.05, 0) is 70.1 Å². The van der Waals surface area contributed by atoms with Gasteiger partial charge in [-0.1, -0.05) is 6.08 Å². The molecular weight excluding hydrogens is 320 g/mol. The van der Waals surface area contributed by atoms with E-state index in [9.17, 15) is 4.39 Å². The molecule has 1 aliphatic carbocycles. The lowest BCUT2D eigenvalue weighted by atomic mass is 9.77. The minimum Gasteiger partial charge on any atom is -0.493 e. The minimum absolute atomic E-state index is 0.259. The molecule has 1 aromatic carbocycles. The maximum atomic E-state index is 13.8. The average Bonchev–Trinajstić information content (AvgIpc) is 3.31. The third kappa shape index (κ3) is 4.07. The fourth-order valence-electron chi connectivity index (χ4n) is 2.67. The number of halogens is 1. The topological polar surface area (TPSA) is 53.7 Å². The summed E-state index contributed by atoms with van der Waals surface area (Å²) in [5.74, 6) is 0.977. The van der Waals surface area contributed by atoms with Crippen molar-refractivity contribution in [2.75, 3.05) is 13.2 Å². The molecule has 4 nitrogen and oxygen atoms in total. The Morgan fingerprint density at radius 2 is 1.92 bits per heavy atom. The Morgan fingerprint density at radius 3 is 2.48 bits per heavy atom. The third-order valence-corrected chi connectivity index (χ3v) is 5.28. The SMILES string of the molecule is CC1(C)OB(C(=Cc2cc(F)ccc2OCC2CC2)CN)OC1(C)C. The van der Waals surface area contributed by atoms with Gasteiger partial charge in [0.15, 0.2) is 0 Å². The second kappa shape index (κ2) is 6.74. The molecule has 2 N–H and O–H groups in total. The Kier molecular flexibility index (Phi) is 4.97. The van der Waals surface area contributed by atoms with Crippen molar-refractivity contribution in [1.82, 2.24) is 0 Å². The van der Waals surface area contributed by atoms with Gasteiger partial charge in [0, 0.05) is 12.1 Å². The first-order valence-corrected chi connectivity index (χ1v) is 8.90. The van der Waals surface area contributed by atoms with E-state index in [1.807, 2.05) is 33.8 Å². The van der Waals surface area contributed by atoms with E-state index in [0.29, 0.717) is 23.8 Å². The number of benzene rings is 1. The first-order chi connectivity index (χ1) is 11.7. The van der Waals surface area contributed by atoms with Crippen LogP contribution in [0.5, 0.6) is 5.75 Å². The van der Waals surface area contributed by atoms with Crippen LogP contribution in [0.3, 0.4) is 0 Å². The van der Waals surface area contributed by atoms with Crippen molar-refractivity contribution in [3.8, 4) is 5.75 Å². The van der Waals surface area contributed by atoms with Crippen molar-refractivity contribution >= 4 is 13.2 Å². The standard InChI is InChI=1S/C19H27BFNO3/c1-18(2)19(3,4)25-20(24-18)15(11-22)9-14-10-16(21)7-8-17(14)23-12-13-5-6-13/h7-10,13H,5-6,11-12,22H2,1-4H3. The normalized spacial score (nSPS) is 22.3. The van der Waals surface area contributed by atoms with E-state index in [1.54, 1.807) is 6.07 Å². The summed E-state index contributed by atoms with van der Waals surface area (Å²) in [5, 5.41) is 0. The van der Waals surface area contributed by atoms with Crippen LogP contribution in [0.2, 0.25) is 0 Å². The number of hydrogen-bond donors (Lipinski definition) is 1. The highest BCUT2D eigenvalue weighted by molar-refractivity contribution is 6.55. The van der Waals surface area contributed by atoms with Crippen LogP contribution >= 0.6 is 0 Å². The maximum absolute atomic E-state index is 13.8. The van der Waals surface area contributed by atoms with E-state index >= 15 is 0 Å². The van der Waals surface area contributed by atoms with Gasteiger partial charge in [0.1, 0.15) is 11.6 Å². The van der Waals surface area contributed by atoms with Crippen LogP contribution in [0.15, 0.2) is 23.7 Å². The lowest BCUT2D eigenvalue weighted by Crippen LogP contribution is -2.41. The van der Waals surface area contributed by atoms with Crippen LogP contribution < -0.4 is 10.5 Å². The van der Waals surface area contributed by atoms with Crippen molar-refractivity contribution in [1.29, 1.82) is 0 Å². The zero-order valence-electron chi connectivity index (χ0n) is 15.5. The van der Waals surface area contributed by atoms with Crippen LogP contribution in [0.25, 0.3) is 6.08 Å². The van der Waals surface area contributed by atoms with Gasteiger partial charge in [0.05, 0.1) is 17.8 Å². The zero-order chi connectivity index (χ0) is 18.2. The smallest absolute Gasteiger partial charge is 0.491 e. The van der Waals surface area contributed by atoms with Crippen molar-refractivity contribution in [2.24, 2.45) is 11.7 Å². The summed E-state index contributed by atoms with van der Waals surface area (Å²) >= 11 is 0. The minimum atomic E-state index is -0.547. The summed E-state index contributed by atoms with van der Waals surface area (Å²) in [7, 11) is -0.547. The number of nitrogens with two attached hydrogens (primary N) is 1. The Morgan fingerprint density at radius 1 is 1.28 bits per heavy atom. The molecule has 0 spiro atoms. The first-order valence-electron chi connectivity index (χ1n) is 8.90. The highest BCUT2D eigenvalue weighted by Gasteiger charge is 2.52. The number of hydrogen-bond acceptors (Lipinski definition) is 4. The van der Waals surface area contributed by atoms with Crippen molar-refractivity contribution in [3.63, 3.8) is 0 Å². The van der Waals surface area contributed by atoms with Crippen molar-refractivity contribution in [3.05, 3.63) is 35.1 Å². The van der Waals surface area contributed by atoms with Crippen LogP contribution in [0.1, 0.15) is 46.1 Å². The van der Waals surface area contributed by atoms with Crippen molar-refractivity contribution in [2.45, 2.75) is 51.7 Å². The lowest BCUT2D eigenvalue weighted by Gasteiger charge is -2.32. The van der Waals surface area contributed by atoms with Gasteiger partial charge in [0.2, 0.25) is 0 Å². The Hall–Kier alpha value is -1.37. The van der Waals surface area contributed by atoms with Gasteiger partial charge in [-0.3, -0.25) is 0 Å². The average molecular weight is 347 g/mol. The highest BCUT2D eigenvalue weighted by atomic mass is 19.1. The van der Waals surface area contributed by atoms with Gasteiger partial charge in [0.25, 0.3) is 0 Å². The molecule has 0 unspecified atom stereocenters. The predicted octanol–water partition coefficient (Wildman–Crippen LogP) is 3.59. The molecule has 6 heteroatoms. The molecule has 0 bridgehead atoms. The van der Waals surface area contributed by atoms with E-state index in [0.717, 1.165) is 5.47 Å². The second-order valence-corrected chi connectivity index (χ2v) is 7.95. The monoisotopic (exact) mass is 347 g/mol. The Bertz CT molecular complexity index is 655. The third-order valence-electron chi connectivity index (χ3n) is 5.28. The van der Waals surface area contributed by atoms with E-state index in [-0.39, 0.29) is 12.4 Å². The molecule has 3 rings (SSSR count). The molecule has 0 amide bonds. The summed E-state index contributed by atoms with van der Waals surface area (Å²) in [6.45, 7) is 8.90. The van der Waals surface area contributed by atoms with E-state index in [4.69, 9.17) is 19.8 Å². The van der Waals surface area contributed by atoms with Gasteiger partial charge >= 0.3 is 7.12 Å². The van der Waals surface area contributed by atoms with Crippen molar-refractivity contribution < 1.29 is 18.4 Å². The summed E-state index contributed by atoms with van der Waals surface area (Å²) in [6.07, 6.45) is 4.23. The van der Waals surface area contributed by atoms with Crippen LogP contribution in [-0.4, -0.2) is 31.5 Å². The van der Waals surface area contributed by atoms with E-state index in [2.05, 4.69) is 0 Å². The summed E-state index contributed by atoms with van der Waals surface area (Å²) in [5.41, 5.74) is 6.47. The van der Waals surface area contributed by atoms with Crippen LogP contribution in [0.4, 0.5) is 4.39 Å². The molecule has 0 aromatic heterocycles. The molecule has 2 fully saturated rings. The molecule has 1 saturated carbocycles. The Balaban J connectivity index is 1.85. The van der Waals surface area contributed by atoms with Gasteiger partial charge in [-0.15, -0.1) is 0 Å². The molecule has 1 aromatic rings. The molecule has 0 atom stereocenters. The Labute approximate surface area is 149 Å². The molecule has 25 heavy (non-hydrogen) atoms. The van der Waals surface area contributed by atoms with Crippen LogP contribution in [-0.2, 0) is 9.31 Å². The molecular formula is C19H27BFNO3. The fraction of sp³-hybridized carbons (Fsp3) is 0.579. The van der Waals surface area contributed by atoms with Gasteiger partial charge < -0.3 is 19.8 Å². The molecule has 0 radical (unpaired) electrons. The predicted molar refractivity (Wildman–Crippen MR) is 97.7 cm³/mol. The second-order valence-electron chi connectivity index (χ2n) is 7.95. The molecule has 1 saturated heterocycles. The van der Waals surface area contributed by atoms with Gasteiger partial charge in [-0.2, -0.15) is 0 Å². The molecule has 136 valence electrons. The summed E-state index contributed by atoms with van der Waals surface area (Å²) in [4.78, 5) is 0.